The summed E-state index contributed by atoms with van der Waals surface area (Å²) in [5.74, 6) is 0. The summed E-state index contributed by atoms with van der Waals surface area (Å²) in [5, 5.41) is 3.45. The molecule has 1 heteroatoms. The van der Waals surface area contributed by atoms with Crippen molar-refractivity contribution >= 4 is 27.9 Å². The highest BCUT2D eigenvalue weighted by molar-refractivity contribution is 6.30. The SMILES string of the molecule is Clc1ccc(-c2cc(C3=CC34CC4)c3ccccc3c2-c2ccccc2)cc1. The highest BCUT2D eigenvalue weighted by Gasteiger charge is 2.54. The van der Waals surface area contributed by atoms with Crippen molar-refractivity contribution in [3.63, 3.8) is 0 Å². The summed E-state index contributed by atoms with van der Waals surface area (Å²) < 4.78 is 0. The first-order valence-corrected chi connectivity index (χ1v) is 10.2. The lowest BCUT2D eigenvalue weighted by molar-refractivity contribution is 1.02. The molecule has 0 unspecified atom stereocenters. The normalized spacial score (nSPS) is 16.2. The zero-order valence-corrected chi connectivity index (χ0v) is 16.2. The minimum atomic E-state index is 0.425. The molecule has 0 radical (unpaired) electrons. The summed E-state index contributed by atoms with van der Waals surface area (Å²) in [7, 11) is 0. The van der Waals surface area contributed by atoms with Gasteiger partial charge in [-0.15, -0.1) is 0 Å². The van der Waals surface area contributed by atoms with Gasteiger partial charge in [0.1, 0.15) is 0 Å². The fourth-order valence-corrected chi connectivity index (χ4v) is 4.63. The lowest BCUT2D eigenvalue weighted by Gasteiger charge is -2.17. The summed E-state index contributed by atoms with van der Waals surface area (Å²) in [5.41, 5.74) is 8.40. The van der Waals surface area contributed by atoms with Crippen LogP contribution in [0.2, 0.25) is 5.02 Å². The zero-order chi connectivity index (χ0) is 18.7. The van der Waals surface area contributed by atoms with E-state index in [4.69, 9.17) is 11.6 Å². The molecule has 0 bridgehead atoms. The maximum absolute atomic E-state index is 6.18. The van der Waals surface area contributed by atoms with E-state index in [1.807, 2.05) is 12.1 Å². The van der Waals surface area contributed by atoms with Gasteiger partial charge in [0, 0.05) is 10.4 Å². The molecule has 2 aliphatic rings. The number of hydrogen-bond acceptors (Lipinski definition) is 0. The first-order chi connectivity index (χ1) is 13.8. The highest BCUT2D eigenvalue weighted by Crippen LogP contribution is 2.69. The van der Waals surface area contributed by atoms with E-state index in [-0.39, 0.29) is 0 Å². The van der Waals surface area contributed by atoms with Gasteiger partial charge in [-0.2, -0.15) is 0 Å². The Morgan fingerprint density at radius 3 is 2.00 bits per heavy atom. The number of rotatable bonds is 3. The predicted octanol–water partition coefficient (Wildman–Crippen LogP) is 8.00. The van der Waals surface area contributed by atoms with Gasteiger partial charge in [0.15, 0.2) is 0 Å². The molecule has 0 N–H and O–H groups in total. The largest absolute Gasteiger partial charge is 0.0843 e. The van der Waals surface area contributed by atoms with Gasteiger partial charge in [0.05, 0.1) is 0 Å². The second-order valence-electron chi connectivity index (χ2n) is 7.98. The Hall–Kier alpha value is -2.83. The summed E-state index contributed by atoms with van der Waals surface area (Å²) in [6, 6.07) is 30.2. The van der Waals surface area contributed by atoms with E-state index in [9.17, 15) is 0 Å². The molecule has 4 aromatic carbocycles. The molecule has 1 saturated carbocycles. The Balaban J connectivity index is 1.70. The van der Waals surface area contributed by atoms with E-state index >= 15 is 0 Å². The minimum absolute atomic E-state index is 0.425. The molecule has 2 aliphatic carbocycles. The van der Waals surface area contributed by atoms with Gasteiger partial charge < -0.3 is 0 Å². The van der Waals surface area contributed by atoms with Crippen LogP contribution in [0, 0.1) is 5.41 Å². The van der Waals surface area contributed by atoms with E-state index in [0.29, 0.717) is 5.41 Å². The van der Waals surface area contributed by atoms with Crippen molar-refractivity contribution in [2.24, 2.45) is 5.41 Å². The second kappa shape index (κ2) is 5.83. The molecule has 4 aromatic rings. The van der Waals surface area contributed by atoms with Crippen LogP contribution >= 0.6 is 11.6 Å². The molecule has 0 nitrogen and oxygen atoms in total. The lowest BCUT2D eigenvalue weighted by atomic mass is 9.86. The van der Waals surface area contributed by atoms with E-state index in [1.54, 1.807) is 5.57 Å². The Morgan fingerprint density at radius 2 is 1.32 bits per heavy atom. The molecule has 0 atom stereocenters. The molecule has 134 valence electrons. The van der Waals surface area contributed by atoms with E-state index in [0.717, 1.165) is 5.02 Å². The molecule has 28 heavy (non-hydrogen) atoms. The van der Waals surface area contributed by atoms with E-state index in [1.165, 1.54) is 51.4 Å². The molecule has 1 fully saturated rings. The van der Waals surface area contributed by atoms with Crippen LogP contribution in [0.15, 0.2) is 91.0 Å². The quantitative estimate of drug-likeness (QED) is 0.338. The summed E-state index contributed by atoms with van der Waals surface area (Å²) in [4.78, 5) is 0. The van der Waals surface area contributed by atoms with Crippen LogP contribution in [0.25, 0.3) is 38.6 Å². The third-order valence-corrected chi connectivity index (χ3v) is 6.47. The maximum Gasteiger partial charge on any atom is 0.0406 e. The van der Waals surface area contributed by atoms with Crippen molar-refractivity contribution < 1.29 is 0 Å². The number of fused-ring (bicyclic) bond motifs is 1. The average molecular weight is 379 g/mol. The fourth-order valence-electron chi connectivity index (χ4n) is 4.51. The van der Waals surface area contributed by atoms with Crippen LogP contribution in [0.5, 0.6) is 0 Å². The monoisotopic (exact) mass is 378 g/mol. The van der Waals surface area contributed by atoms with Crippen LogP contribution in [0.4, 0.5) is 0 Å². The summed E-state index contributed by atoms with van der Waals surface area (Å²) in [6.07, 6.45) is 5.10. The Bertz CT molecular complexity index is 1240. The summed E-state index contributed by atoms with van der Waals surface area (Å²) >= 11 is 6.18. The topological polar surface area (TPSA) is 0 Å². The highest BCUT2D eigenvalue weighted by atomic mass is 35.5. The molecule has 0 amide bonds. The van der Waals surface area contributed by atoms with Gasteiger partial charge in [-0.1, -0.05) is 84.4 Å². The van der Waals surface area contributed by atoms with Crippen LogP contribution in [-0.4, -0.2) is 0 Å². The summed E-state index contributed by atoms with van der Waals surface area (Å²) in [6.45, 7) is 0. The van der Waals surface area contributed by atoms with Crippen molar-refractivity contribution in [2.45, 2.75) is 12.8 Å². The Labute approximate surface area is 170 Å². The fraction of sp³-hybridized carbons (Fsp3) is 0.111. The van der Waals surface area contributed by atoms with Gasteiger partial charge in [-0.3, -0.25) is 0 Å². The van der Waals surface area contributed by atoms with Gasteiger partial charge in [0.25, 0.3) is 0 Å². The second-order valence-corrected chi connectivity index (χ2v) is 8.42. The van der Waals surface area contributed by atoms with Crippen LogP contribution in [0.1, 0.15) is 18.4 Å². The molecular formula is C27H19Cl. The molecule has 1 spiro atoms. The van der Waals surface area contributed by atoms with Gasteiger partial charge in [0.2, 0.25) is 0 Å². The molecular weight excluding hydrogens is 360 g/mol. The predicted molar refractivity (Wildman–Crippen MR) is 119 cm³/mol. The van der Waals surface area contributed by atoms with Gasteiger partial charge in [-0.25, -0.2) is 0 Å². The molecule has 6 rings (SSSR count). The van der Waals surface area contributed by atoms with Crippen LogP contribution < -0.4 is 0 Å². The number of halogens is 1. The lowest BCUT2D eigenvalue weighted by Crippen LogP contribution is -1.92. The standard InChI is InChI=1S/C27H19Cl/c28-20-12-10-18(11-13-20)23-16-24(25-17-27(25)14-15-27)21-8-4-5-9-22(21)26(23)19-6-2-1-3-7-19/h1-13,16-17H,14-15H2. The molecule has 0 aliphatic heterocycles. The van der Waals surface area contributed by atoms with E-state index < -0.39 is 0 Å². The Morgan fingerprint density at radius 1 is 0.643 bits per heavy atom. The van der Waals surface area contributed by atoms with Crippen molar-refractivity contribution in [3.05, 3.63) is 102 Å². The first kappa shape index (κ1) is 16.2. The zero-order valence-electron chi connectivity index (χ0n) is 15.5. The van der Waals surface area contributed by atoms with E-state index in [2.05, 4.69) is 78.9 Å². The third kappa shape index (κ3) is 2.45. The smallest absolute Gasteiger partial charge is 0.0406 e. The molecule has 0 saturated heterocycles. The van der Waals surface area contributed by atoms with Crippen LogP contribution in [-0.2, 0) is 0 Å². The average Bonchev–Trinajstić information content (AvgIpc) is 3.67. The van der Waals surface area contributed by atoms with Gasteiger partial charge >= 0.3 is 0 Å². The van der Waals surface area contributed by atoms with Gasteiger partial charge in [-0.05, 0) is 75.2 Å². The number of allylic oxidation sites excluding steroid dienone is 2. The van der Waals surface area contributed by atoms with Crippen molar-refractivity contribution in [1.82, 2.24) is 0 Å². The molecule has 0 heterocycles. The first-order valence-electron chi connectivity index (χ1n) is 9.86. The molecule has 0 aromatic heterocycles. The van der Waals surface area contributed by atoms with Crippen molar-refractivity contribution in [3.8, 4) is 22.3 Å². The van der Waals surface area contributed by atoms with Crippen molar-refractivity contribution in [1.29, 1.82) is 0 Å². The van der Waals surface area contributed by atoms with Crippen molar-refractivity contribution in [2.75, 3.05) is 0 Å². The Kier molecular flexibility index (Phi) is 3.36. The maximum atomic E-state index is 6.18. The van der Waals surface area contributed by atoms with Crippen LogP contribution in [0.3, 0.4) is 0 Å². The number of benzene rings is 4. The minimum Gasteiger partial charge on any atom is -0.0843 e. The number of hydrogen-bond donors (Lipinski definition) is 0. The third-order valence-electron chi connectivity index (χ3n) is 6.21.